The number of aromatic nitrogens is 2. The number of fused-ring (bicyclic) bond motifs is 1. The molecule has 2 heterocycles. The van der Waals surface area contributed by atoms with Crippen LogP contribution in [0.2, 0.25) is 0 Å². The van der Waals surface area contributed by atoms with Crippen LogP contribution in [-0.4, -0.2) is 21.2 Å². The van der Waals surface area contributed by atoms with E-state index in [0.717, 1.165) is 23.4 Å². The molecule has 3 aromatic carbocycles. The van der Waals surface area contributed by atoms with Crippen molar-refractivity contribution in [2.75, 3.05) is 10.6 Å². The summed E-state index contributed by atoms with van der Waals surface area (Å²) in [7, 11) is 0. The zero-order valence-electron chi connectivity index (χ0n) is 18.2. The highest BCUT2D eigenvalue weighted by Gasteiger charge is 2.14. The highest BCUT2D eigenvalue weighted by atomic mass is 19.1. The second kappa shape index (κ2) is 9.18. The second-order valence-corrected chi connectivity index (χ2v) is 7.77. The first-order valence-corrected chi connectivity index (χ1v) is 10.7. The van der Waals surface area contributed by atoms with Crippen molar-refractivity contribution in [2.45, 2.75) is 0 Å². The number of nitrogens with zero attached hydrogens (tertiary/aromatic N) is 2. The Hall–Kier alpha value is -4.85. The molecule has 0 spiro atoms. The Morgan fingerprint density at radius 2 is 1.49 bits per heavy atom. The van der Waals surface area contributed by atoms with Gasteiger partial charge in [-0.3, -0.25) is 14.0 Å². The summed E-state index contributed by atoms with van der Waals surface area (Å²) >= 11 is 0. The SMILES string of the molecule is O=C(Nc1cccc(-c2cnc3c(NC(=O)c4ccccc4)cccn23)c1)c1cc(F)cc(F)c1. The zero-order chi connectivity index (χ0) is 24.4. The van der Waals surface area contributed by atoms with Crippen LogP contribution < -0.4 is 10.6 Å². The van der Waals surface area contributed by atoms with Gasteiger partial charge in [0, 0.05) is 34.6 Å². The molecule has 2 N–H and O–H groups in total. The number of pyridine rings is 1. The van der Waals surface area contributed by atoms with Gasteiger partial charge in [-0.15, -0.1) is 0 Å². The highest BCUT2D eigenvalue weighted by molar-refractivity contribution is 6.06. The molecule has 0 aliphatic rings. The largest absolute Gasteiger partial charge is 0.322 e. The van der Waals surface area contributed by atoms with Gasteiger partial charge in [-0.2, -0.15) is 0 Å². The van der Waals surface area contributed by atoms with E-state index in [4.69, 9.17) is 0 Å². The minimum absolute atomic E-state index is 0.124. The fraction of sp³-hybridized carbons (Fsp3) is 0. The van der Waals surface area contributed by atoms with Crippen molar-refractivity contribution in [3.63, 3.8) is 0 Å². The molecule has 0 atom stereocenters. The third kappa shape index (κ3) is 4.63. The Balaban J connectivity index is 1.42. The van der Waals surface area contributed by atoms with Gasteiger partial charge in [0.05, 0.1) is 17.6 Å². The van der Waals surface area contributed by atoms with Gasteiger partial charge in [0.15, 0.2) is 5.65 Å². The van der Waals surface area contributed by atoms with Crippen LogP contribution in [-0.2, 0) is 0 Å². The van der Waals surface area contributed by atoms with E-state index in [0.29, 0.717) is 28.7 Å². The van der Waals surface area contributed by atoms with Crippen LogP contribution in [0.4, 0.5) is 20.2 Å². The summed E-state index contributed by atoms with van der Waals surface area (Å²) in [6.07, 6.45) is 3.48. The number of hydrogen-bond donors (Lipinski definition) is 2. The number of carbonyl (C=O) groups excluding carboxylic acids is 2. The van der Waals surface area contributed by atoms with Gasteiger partial charge in [0.25, 0.3) is 11.8 Å². The van der Waals surface area contributed by atoms with Gasteiger partial charge >= 0.3 is 0 Å². The first-order valence-electron chi connectivity index (χ1n) is 10.7. The molecule has 0 saturated heterocycles. The van der Waals surface area contributed by atoms with Crippen LogP contribution in [0.5, 0.6) is 0 Å². The Bertz CT molecular complexity index is 1540. The molecule has 35 heavy (non-hydrogen) atoms. The molecule has 2 amide bonds. The van der Waals surface area contributed by atoms with Gasteiger partial charge in [0.2, 0.25) is 0 Å². The summed E-state index contributed by atoms with van der Waals surface area (Å²) in [4.78, 5) is 29.6. The maximum Gasteiger partial charge on any atom is 0.255 e. The molecule has 2 aromatic heterocycles. The van der Waals surface area contributed by atoms with Crippen molar-refractivity contribution in [3.05, 3.63) is 120 Å². The Morgan fingerprint density at radius 1 is 0.743 bits per heavy atom. The van der Waals surface area contributed by atoms with E-state index >= 15 is 0 Å². The average Bonchev–Trinajstić information content (AvgIpc) is 3.29. The number of amides is 2. The molecular formula is C27H18F2N4O2. The number of anilines is 2. The summed E-state index contributed by atoms with van der Waals surface area (Å²) in [5.41, 5.74) is 3.42. The number of nitrogens with one attached hydrogen (secondary N) is 2. The van der Waals surface area contributed by atoms with E-state index in [1.807, 2.05) is 22.7 Å². The Morgan fingerprint density at radius 3 is 2.26 bits per heavy atom. The minimum atomic E-state index is -0.829. The maximum atomic E-state index is 13.5. The predicted molar refractivity (Wildman–Crippen MR) is 129 cm³/mol. The summed E-state index contributed by atoms with van der Waals surface area (Å²) in [6.45, 7) is 0. The van der Waals surface area contributed by atoms with Crippen molar-refractivity contribution in [1.29, 1.82) is 0 Å². The molecule has 0 saturated carbocycles. The number of rotatable bonds is 5. The average molecular weight is 468 g/mol. The summed E-state index contributed by atoms with van der Waals surface area (Å²) < 4.78 is 28.8. The second-order valence-electron chi connectivity index (χ2n) is 7.77. The molecule has 0 aliphatic heterocycles. The lowest BCUT2D eigenvalue weighted by Crippen LogP contribution is -2.12. The van der Waals surface area contributed by atoms with Gasteiger partial charge in [-0.25, -0.2) is 13.8 Å². The van der Waals surface area contributed by atoms with Crippen LogP contribution in [0, 0.1) is 11.6 Å². The lowest BCUT2D eigenvalue weighted by Gasteiger charge is -2.10. The molecule has 6 nitrogen and oxygen atoms in total. The van der Waals surface area contributed by atoms with Crippen LogP contribution in [0.1, 0.15) is 20.7 Å². The van der Waals surface area contributed by atoms with Gasteiger partial charge in [-0.1, -0.05) is 30.3 Å². The summed E-state index contributed by atoms with van der Waals surface area (Å²) in [5.74, 6) is -2.54. The lowest BCUT2D eigenvalue weighted by atomic mass is 10.1. The molecule has 0 fully saturated rings. The monoisotopic (exact) mass is 468 g/mol. The lowest BCUT2D eigenvalue weighted by molar-refractivity contribution is 0.101. The van der Waals surface area contributed by atoms with E-state index in [-0.39, 0.29) is 11.5 Å². The molecule has 172 valence electrons. The van der Waals surface area contributed by atoms with Crippen molar-refractivity contribution < 1.29 is 18.4 Å². The Labute approximate surface area is 198 Å². The molecular weight excluding hydrogens is 450 g/mol. The van der Waals surface area contributed by atoms with Gasteiger partial charge < -0.3 is 10.6 Å². The standard InChI is InChI=1S/C27H18F2N4O2/c28-20-12-19(13-21(29)15-20)27(35)31-22-9-4-8-18(14-22)24-16-30-25-23(10-5-11-33(24)25)32-26(34)17-6-2-1-3-7-17/h1-16H,(H,31,35)(H,32,34). The molecule has 0 bridgehead atoms. The number of hydrogen-bond acceptors (Lipinski definition) is 3. The summed E-state index contributed by atoms with van der Waals surface area (Å²) in [6, 6.07) is 22.1. The summed E-state index contributed by atoms with van der Waals surface area (Å²) in [5, 5.41) is 5.55. The van der Waals surface area contributed by atoms with E-state index < -0.39 is 17.5 Å². The maximum absolute atomic E-state index is 13.5. The van der Waals surface area contributed by atoms with Crippen LogP contribution in [0.25, 0.3) is 16.9 Å². The van der Waals surface area contributed by atoms with Crippen molar-refractivity contribution in [2.24, 2.45) is 0 Å². The zero-order valence-corrected chi connectivity index (χ0v) is 18.2. The van der Waals surface area contributed by atoms with E-state index in [9.17, 15) is 18.4 Å². The number of halogens is 2. The molecule has 5 rings (SSSR count). The topological polar surface area (TPSA) is 75.5 Å². The number of carbonyl (C=O) groups is 2. The van der Waals surface area contributed by atoms with E-state index in [2.05, 4.69) is 15.6 Å². The van der Waals surface area contributed by atoms with Crippen LogP contribution in [0.15, 0.2) is 97.3 Å². The predicted octanol–water partition coefficient (Wildman–Crippen LogP) is 5.78. The van der Waals surface area contributed by atoms with Crippen LogP contribution >= 0.6 is 0 Å². The normalized spacial score (nSPS) is 10.8. The Kier molecular flexibility index (Phi) is 5.76. The molecule has 0 aliphatic carbocycles. The van der Waals surface area contributed by atoms with Gasteiger partial charge in [0.1, 0.15) is 11.6 Å². The van der Waals surface area contributed by atoms with Crippen molar-refractivity contribution in [3.8, 4) is 11.3 Å². The smallest absolute Gasteiger partial charge is 0.255 e. The quantitative estimate of drug-likeness (QED) is 0.343. The van der Waals surface area contributed by atoms with Gasteiger partial charge in [-0.05, 0) is 48.5 Å². The first-order chi connectivity index (χ1) is 17.0. The molecule has 0 radical (unpaired) electrons. The number of imidazole rings is 1. The molecule has 8 heteroatoms. The third-order valence-corrected chi connectivity index (χ3v) is 5.36. The first kappa shape index (κ1) is 22.0. The van der Waals surface area contributed by atoms with Crippen molar-refractivity contribution >= 4 is 28.8 Å². The molecule has 0 unspecified atom stereocenters. The number of benzene rings is 3. The minimum Gasteiger partial charge on any atom is -0.322 e. The fourth-order valence-corrected chi connectivity index (χ4v) is 3.75. The fourth-order valence-electron chi connectivity index (χ4n) is 3.75. The third-order valence-electron chi connectivity index (χ3n) is 5.36. The van der Waals surface area contributed by atoms with E-state index in [1.165, 1.54) is 0 Å². The van der Waals surface area contributed by atoms with Crippen LogP contribution in [0.3, 0.4) is 0 Å². The van der Waals surface area contributed by atoms with E-state index in [1.54, 1.807) is 60.8 Å². The van der Waals surface area contributed by atoms with Crippen molar-refractivity contribution in [1.82, 2.24) is 9.38 Å². The molecule has 5 aromatic rings. The highest BCUT2D eigenvalue weighted by Crippen LogP contribution is 2.27.